The zero-order valence-corrected chi connectivity index (χ0v) is 28.9. The molecule has 0 rings (SSSR count). The van der Waals surface area contributed by atoms with Gasteiger partial charge in [0.1, 0.15) is 0 Å². The molecule has 0 aliphatic heterocycles. The molecule has 43 heavy (non-hydrogen) atoms. The maximum absolute atomic E-state index is 11.6. The van der Waals surface area contributed by atoms with Gasteiger partial charge in [0.2, 0.25) is 5.91 Å². The average Bonchev–Trinajstić information content (AvgIpc) is 2.87. The number of hydrogen-bond acceptors (Lipinski definition) is 10. The summed E-state index contributed by atoms with van der Waals surface area (Å²) in [6.07, 6.45) is 13.3. The van der Waals surface area contributed by atoms with Crippen molar-refractivity contribution >= 4 is 61.5 Å². The van der Waals surface area contributed by atoms with Gasteiger partial charge >= 0.3 is 43.7 Å². The van der Waals surface area contributed by atoms with Crippen molar-refractivity contribution in [2.24, 2.45) is 4.99 Å². The predicted molar refractivity (Wildman–Crippen MR) is 167 cm³/mol. The van der Waals surface area contributed by atoms with Crippen LogP contribution in [0.4, 0.5) is 0 Å². The second kappa shape index (κ2) is 31.9. The Hall–Kier alpha value is -1.54. The summed E-state index contributed by atoms with van der Waals surface area (Å²) < 4.78 is 0. The number of carboxylic acid groups (broad SMARTS) is 2. The molecule has 2 atom stereocenters. The van der Waals surface area contributed by atoms with Crippen LogP contribution < -0.4 is 15.5 Å². The van der Waals surface area contributed by atoms with Crippen molar-refractivity contribution in [1.29, 1.82) is 0 Å². The number of aliphatic hydroxyl groups is 2. The van der Waals surface area contributed by atoms with E-state index in [1.807, 2.05) is 0 Å². The summed E-state index contributed by atoms with van der Waals surface area (Å²) in [4.78, 5) is 39.9. The number of carbonyl (C=O) groups excluding carboxylic acids is 2. The first-order chi connectivity index (χ1) is 19.9. The number of hydrogen-bond donors (Lipinski definition) is 4. The van der Waals surface area contributed by atoms with E-state index in [9.17, 15) is 34.8 Å². The van der Waals surface area contributed by atoms with E-state index in [-0.39, 0.29) is 82.3 Å². The van der Waals surface area contributed by atoms with Crippen LogP contribution in [0.1, 0.15) is 79.1 Å². The Bertz CT molecular complexity index is 807. The Balaban J connectivity index is -0.000000727. The minimum absolute atomic E-state index is 0. The number of nitrogens with one attached hydrogen (secondary N) is 1. The van der Waals surface area contributed by atoms with Gasteiger partial charge in [0.25, 0.3) is 0 Å². The van der Waals surface area contributed by atoms with Crippen LogP contribution in [0.3, 0.4) is 0 Å². The molecule has 244 valence electrons. The molecule has 0 aliphatic carbocycles. The summed E-state index contributed by atoms with van der Waals surface area (Å²) in [6.45, 7) is 8.78. The summed E-state index contributed by atoms with van der Waals surface area (Å²) in [6, 6.07) is 0. The zero-order valence-electron chi connectivity index (χ0n) is 26.7. The number of rotatable bonds is 24. The molecule has 13 heteroatoms. The topological polar surface area (TPSA) is 189 Å². The van der Waals surface area contributed by atoms with E-state index in [4.69, 9.17) is 5.11 Å². The molecule has 0 saturated carbocycles. The van der Waals surface area contributed by atoms with Crippen molar-refractivity contribution in [2.75, 3.05) is 52.4 Å². The zero-order chi connectivity index (χ0) is 32.2. The summed E-state index contributed by atoms with van der Waals surface area (Å²) >= 11 is 0. The molecule has 0 aromatic carbocycles. The van der Waals surface area contributed by atoms with Crippen LogP contribution in [0.15, 0.2) is 29.3 Å². The predicted octanol–water partition coefficient (Wildman–Crippen LogP) is -0.0599. The third-order valence-electron chi connectivity index (χ3n) is 5.55. The van der Waals surface area contributed by atoms with Gasteiger partial charge < -0.3 is 40.6 Å². The van der Waals surface area contributed by atoms with Crippen molar-refractivity contribution in [2.45, 2.75) is 91.3 Å². The Morgan fingerprint density at radius 2 is 1.35 bits per heavy atom. The monoisotopic (exact) mass is 638 g/mol. The van der Waals surface area contributed by atoms with Crippen molar-refractivity contribution in [3.05, 3.63) is 24.3 Å². The second-order valence-corrected chi connectivity index (χ2v) is 10.1. The van der Waals surface area contributed by atoms with E-state index in [2.05, 4.69) is 48.5 Å². The van der Waals surface area contributed by atoms with Crippen LogP contribution in [0.5, 0.6) is 0 Å². The van der Waals surface area contributed by atoms with Crippen LogP contribution >= 0.6 is 0 Å². The minimum Gasteiger partial charge on any atom is -0.862 e. The maximum atomic E-state index is 11.6. The molecule has 0 spiro atoms. The molecule has 0 fully saturated rings. The number of carbonyl (C=O) groups is 3. The van der Waals surface area contributed by atoms with Gasteiger partial charge in [-0.05, 0) is 64.7 Å². The van der Waals surface area contributed by atoms with Gasteiger partial charge in [-0.1, -0.05) is 38.2 Å². The summed E-state index contributed by atoms with van der Waals surface area (Å²) in [5, 5.41) is 52.2. The molecule has 0 aromatic rings. The van der Waals surface area contributed by atoms with Gasteiger partial charge in [0.15, 0.2) is 0 Å². The number of amides is 1. The molecular formula is C30H54CaN4O8. The molecular weight excluding hydrogens is 584 g/mol. The maximum Gasteiger partial charge on any atom is 2.00 e. The molecule has 0 aliphatic rings. The fraction of sp³-hybridized carbons (Fsp3) is 0.733. The molecule has 2 unspecified atom stereocenters. The summed E-state index contributed by atoms with van der Waals surface area (Å²) in [5.41, 5.74) is 0. The van der Waals surface area contributed by atoms with Crippen LogP contribution in [0, 0.1) is 0 Å². The smallest absolute Gasteiger partial charge is 0.862 e. The number of aliphatic imine (C=N–C) groups is 1. The largest absolute Gasteiger partial charge is 2.00 e. The van der Waals surface area contributed by atoms with E-state index in [1.165, 1.54) is 4.90 Å². The van der Waals surface area contributed by atoms with Crippen molar-refractivity contribution in [3.63, 3.8) is 0 Å². The first-order valence-corrected chi connectivity index (χ1v) is 14.9. The molecule has 4 N–H and O–H groups in total. The van der Waals surface area contributed by atoms with Crippen molar-refractivity contribution < 1.29 is 39.9 Å². The van der Waals surface area contributed by atoms with E-state index in [0.29, 0.717) is 32.5 Å². The number of aliphatic hydroxyl groups excluding tert-OH is 2. The Morgan fingerprint density at radius 3 is 1.81 bits per heavy atom. The van der Waals surface area contributed by atoms with Crippen LogP contribution in [0.2, 0.25) is 0 Å². The number of nitrogens with zero attached hydrogens (tertiary/aromatic N) is 3. The van der Waals surface area contributed by atoms with Crippen molar-refractivity contribution in [1.82, 2.24) is 15.1 Å². The summed E-state index contributed by atoms with van der Waals surface area (Å²) in [7, 11) is 0. The van der Waals surface area contributed by atoms with Gasteiger partial charge in [0, 0.05) is 45.7 Å². The van der Waals surface area contributed by atoms with Crippen LogP contribution in [-0.2, 0) is 14.4 Å². The number of carboxylic acids is 2. The molecule has 0 aromatic heterocycles. The SMILES string of the molecule is CC/C=C/CCCC(=O)NCCN(CC(=O)O)CC(C)O.CC/C=C/CCCC([O-])=NCCN(CC(=O)[O-])CC(C)O.[Ca+2]. The van der Waals surface area contributed by atoms with Gasteiger partial charge in [-0.25, -0.2) is 0 Å². The third kappa shape index (κ3) is 36.6. The fourth-order valence-electron chi connectivity index (χ4n) is 3.75. The van der Waals surface area contributed by atoms with Crippen LogP contribution in [0.25, 0.3) is 0 Å². The van der Waals surface area contributed by atoms with E-state index in [0.717, 1.165) is 38.5 Å². The van der Waals surface area contributed by atoms with Crippen molar-refractivity contribution in [3.8, 4) is 0 Å². The normalized spacial score (nSPS) is 13.1. The van der Waals surface area contributed by atoms with Gasteiger partial charge in [-0.3, -0.25) is 19.4 Å². The fourth-order valence-corrected chi connectivity index (χ4v) is 3.75. The summed E-state index contributed by atoms with van der Waals surface area (Å²) in [5.74, 6) is -2.33. The molecule has 0 heterocycles. The number of unbranched alkanes of at least 4 members (excludes halogenated alkanes) is 2. The van der Waals surface area contributed by atoms with Gasteiger partial charge in [-0.15, -0.1) is 0 Å². The van der Waals surface area contributed by atoms with Crippen LogP contribution in [-0.4, -0.2) is 151 Å². The van der Waals surface area contributed by atoms with E-state index >= 15 is 0 Å². The second-order valence-electron chi connectivity index (χ2n) is 10.1. The first-order valence-electron chi connectivity index (χ1n) is 14.9. The Morgan fingerprint density at radius 1 is 0.837 bits per heavy atom. The standard InChI is InChI=1S/2C15H28N2O4.Ca/c2*1-3-4-5-6-7-8-14(19)16-9-10-17(11-13(2)18)12-15(20)21;/h2*4-5,13,18H,3,6-12H2,1-2H3,(H,16,19)(H,20,21);/q;;+2/p-2/b2*5-4+;. The molecule has 0 radical (unpaired) electrons. The van der Waals surface area contributed by atoms with Gasteiger partial charge in [0.05, 0.1) is 31.3 Å². The van der Waals surface area contributed by atoms with E-state index < -0.39 is 24.1 Å². The molecule has 0 bridgehead atoms. The first kappa shape index (κ1) is 45.9. The molecule has 0 saturated heterocycles. The average molecular weight is 639 g/mol. The Kier molecular flexibility index (Phi) is 34.0. The number of aliphatic carboxylic acids is 2. The number of allylic oxidation sites excluding steroid dienone is 4. The molecule has 1 amide bonds. The quantitative estimate of drug-likeness (QED) is 0.0367. The molecule has 12 nitrogen and oxygen atoms in total. The third-order valence-corrected chi connectivity index (χ3v) is 5.55. The van der Waals surface area contributed by atoms with Gasteiger partial charge in [-0.2, -0.15) is 0 Å². The Labute approximate surface area is 287 Å². The van der Waals surface area contributed by atoms with E-state index in [1.54, 1.807) is 18.7 Å². The minimum atomic E-state index is -1.20.